The number of hydrogen-bond acceptors (Lipinski definition) is 9. The summed E-state index contributed by atoms with van der Waals surface area (Å²) < 4.78 is 18.5. The number of ether oxygens (including phenoxy) is 1. The third-order valence-corrected chi connectivity index (χ3v) is 8.14. The van der Waals surface area contributed by atoms with Gasteiger partial charge in [0, 0.05) is 48.2 Å². The van der Waals surface area contributed by atoms with Crippen LogP contribution >= 0.6 is 11.3 Å². The molecule has 1 saturated carbocycles. The Kier molecular flexibility index (Phi) is 6.69. The summed E-state index contributed by atoms with van der Waals surface area (Å²) in [5.74, 6) is 1.32. The Morgan fingerprint density at radius 2 is 2.13 bits per heavy atom. The van der Waals surface area contributed by atoms with Crippen LogP contribution < -0.4 is 11.1 Å². The number of methoxy groups -OCH3 is 1. The average Bonchev–Trinajstić information content (AvgIpc) is 3.06. The number of aromatic nitrogens is 3. The van der Waals surface area contributed by atoms with Gasteiger partial charge in [-0.25, -0.2) is 15.0 Å². The molecule has 0 amide bonds. The number of pyridine rings is 1. The number of anilines is 2. The summed E-state index contributed by atoms with van der Waals surface area (Å²) in [6.45, 7) is 0.831. The van der Waals surface area contributed by atoms with Crippen LogP contribution in [0.2, 0.25) is 0 Å². The molecule has 0 unspecified atom stereocenters. The van der Waals surface area contributed by atoms with Gasteiger partial charge in [-0.15, -0.1) is 0 Å². The minimum absolute atomic E-state index is 0.0158. The number of aliphatic hydroxyl groups is 1. The molecule has 4 rings (SSSR count). The molecule has 30 heavy (non-hydrogen) atoms. The van der Waals surface area contributed by atoms with Crippen molar-refractivity contribution in [1.29, 1.82) is 0 Å². The highest BCUT2D eigenvalue weighted by Gasteiger charge is 2.29. The van der Waals surface area contributed by atoms with Crippen LogP contribution in [0.25, 0.3) is 21.5 Å². The van der Waals surface area contributed by atoms with Crippen LogP contribution in [-0.4, -0.2) is 57.2 Å². The van der Waals surface area contributed by atoms with E-state index in [1.807, 2.05) is 0 Å². The summed E-state index contributed by atoms with van der Waals surface area (Å²) in [5.41, 5.74) is 9.82. The zero-order valence-corrected chi connectivity index (χ0v) is 18.4. The molecule has 0 radical (unpaired) electrons. The van der Waals surface area contributed by atoms with Gasteiger partial charge in [0.25, 0.3) is 0 Å². The van der Waals surface area contributed by atoms with E-state index in [-0.39, 0.29) is 6.61 Å². The summed E-state index contributed by atoms with van der Waals surface area (Å²) in [4.78, 5) is 14.2. The predicted octanol–water partition coefficient (Wildman–Crippen LogP) is 2.76. The highest BCUT2D eigenvalue weighted by atomic mass is 32.2. The monoisotopic (exact) mass is 447 g/mol. The van der Waals surface area contributed by atoms with E-state index in [0.29, 0.717) is 40.7 Å². The minimum atomic E-state index is -1.22. The van der Waals surface area contributed by atoms with Crippen molar-refractivity contribution in [2.75, 3.05) is 43.7 Å². The first-order valence-corrected chi connectivity index (χ1v) is 12.0. The van der Waals surface area contributed by atoms with Crippen molar-refractivity contribution < 1.29 is 14.4 Å². The van der Waals surface area contributed by atoms with E-state index in [2.05, 4.69) is 21.4 Å². The smallest absolute Gasteiger partial charge is 0.232 e. The molecule has 10 heteroatoms. The van der Waals surface area contributed by atoms with Gasteiger partial charge < -0.3 is 25.4 Å². The van der Waals surface area contributed by atoms with E-state index in [0.717, 1.165) is 34.3 Å². The maximum absolute atomic E-state index is 12.7. The normalized spacial score (nSPS) is 15.3. The van der Waals surface area contributed by atoms with Crippen molar-refractivity contribution in [3.63, 3.8) is 0 Å². The molecule has 1 atom stereocenters. The van der Waals surface area contributed by atoms with Gasteiger partial charge >= 0.3 is 0 Å². The van der Waals surface area contributed by atoms with Gasteiger partial charge in [-0.3, -0.25) is 0 Å². The highest BCUT2D eigenvalue weighted by Crippen LogP contribution is 2.46. The number of fused-ring (bicyclic) bond motifs is 1. The molecule has 0 saturated heterocycles. The molecule has 1 aliphatic rings. The number of nitrogens with one attached hydrogen (secondary N) is 1. The maximum Gasteiger partial charge on any atom is 0.232 e. The molecule has 0 aliphatic heterocycles. The van der Waals surface area contributed by atoms with Crippen molar-refractivity contribution in [2.24, 2.45) is 0 Å². The number of nitrogens with zero attached hydrogens (tertiary/aromatic N) is 3. The minimum Gasteiger partial charge on any atom is -0.611 e. The lowest BCUT2D eigenvalue weighted by Gasteiger charge is -2.27. The van der Waals surface area contributed by atoms with Crippen LogP contribution in [0.3, 0.4) is 0 Å². The quantitative estimate of drug-likeness (QED) is 0.427. The van der Waals surface area contributed by atoms with Gasteiger partial charge in [0.05, 0.1) is 18.9 Å². The number of nitrogens with two attached hydrogens (primary N) is 1. The Labute approximate surface area is 182 Å². The molecule has 8 nitrogen and oxygen atoms in total. The first-order chi connectivity index (χ1) is 14.6. The second kappa shape index (κ2) is 9.44. The molecule has 3 aromatic rings. The van der Waals surface area contributed by atoms with Crippen LogP contribution in [0.5, 0.6) is 0 Å². The van der Waals surface area contributed by atoms with E-state index in [1.54, 1.807) is 19.5 Å². The summed E-state index contributed by atoms with van der Waals surface area (Å²) in [6, 6.07) is 2.08. The lowest BCUT2D eigenvalue weighted by molar-refractivity contribution is 0.217. The molecule has 1 fully saturated rings. The fourth-order valence-corrected chi connectivity index (χ4v) is 6.03. The van der Waals surface area contributed by atoms with Crippen molar-refractivity contribution in [1.82, 2.24) is 15.0 Å². The molecular weight excluding hydrogens is 422 g/mol. The Balaban J connectivity index is 1.74. The van der Waals surface area contributed by atoms with Crippen molar-refractivity contribution in [3.05, 3.63) is 24.0 Å². The number of hydrogen-bond donors (Lipinski definition) is 3. The number of aliphatic hydroxyl groups excluding tert-OH is 1. The van der Waals surface area contributed by atoms with E-state index < -0.39 is 11.2 Å². The SMILES string of the molecule is COCC[S@@+]([O-])c1sc2nc(-c3cnc(NCCO)nc3)cc(C3CCC3)c2c1N. The summed E-state index contributed by atoms with van der Waals surface area (Å²) >= 11 is 0.184. The predicted molar refractivity (Wildman–Crippen MR) is 120 cm³/mol. The number of thiophene rings is 1. The molecule has 0 spiro atoms. The molecule has 0 aromatic carbocycles. The third kappa shape index (κ3) is 4.23. The van der Waals surface area contributed by atoms with E-state index in [4.69, 9.17) is 20.6 Å². The van der Waals surface area contributed by atoms with Crippen LogP contribution in [0.15, 0.2) is 22.7 Å². The van der Waals surface area contributed by atoms with Crippen LogP contribution in [0.1, 0.15) is 30.7 Å². The molecule has 4 N–H and O–H groups in total. The van der Waals surface area contributed by atoms with E-state index >= 15 is 0 Å². The Hall–Kier alpha value is -1.98. The molecule has 3 heterocycles. The second-order valence-electron chi connectivity index (χ2n) is 7.20. The Morgan fingerprint density at radius 1 is 1.37 bits per heavy atom. The van der Waals surface area contributed by atoms with Crippen molar-refractivity contribution >= 4 is 44.4 Å². The fraction of sp³-hybridized carbons (Fsp3) is 0.450. The Morgan fingerprint density at radius 3 is 2.77 bits per heavy atom. The lowest BCUT2D eigenvalue weighted by atomic mass is 9.79. The van der Waals surface area contributed by atoms with Crippen LogP contribution in [0.4, 0.5) is 11.6 Å². The van der Waals surface area contributed by atoms with Gasteiger partial charge in [-0.05, 0) is 30.4 Å². The van der Waals surface area contributed by atoms with Gasteiger partial charge in [0.1, 0.15) is 16.3 Å². The van der Waals surface area contributed by atoms with Crippen molar-refractivity contribution in [2.45, 2.75) is 29.4 Å². The zero-order valence-electron chi connectivity index (χ0n) is 16.8. The second-order valence-corrected chi connectivity index (χ2v) is 9.96. The third-order valence-electron chi connectivity index (χ3n) is 5.26. The maximum atomic E-state index is 12.7. The van der Waals surface area contributed by atoms with Gasteiger partial charge in [-0.2, -0.15) is 0 Å². The topological polar surface area (TPSA) is 129 Å². The van der Waals surface area contributed by atoms with Crippen LogP contribution in [0, 0.1) is 0 Å². The average molecular weight is 448 g/mol. The molecule has 1 aliphatic carbocycles. The fourth-order valence-electron chi connectivity index (χ4n) is 3.46. The largest absolute Gasteiger partial charge is 0.611 e. The molecule has 160 valence electrons. The summed E-state index contributed by atoms with van der Waals surface area (Å²) in [6.07, 6.45) is 6.89. The van der Waals surface area contributed by atoms with Crippen LogP contribution in [-0.2, 0) is 15.9 Å². The van der Waals surface area contributed by atoms with Gasteiger partial charge in [0.15, 0.2) is 0 Å². The number of rotatable bonds is 9. The molecular formula is C20H25N5O3S2. The van der Waals surface area contributed by atoms with Crippen molar-refractivity contribution in [3.8, 4) is 11.3 Å². The summed E-state index contributed by atoms with van der Waals surface area (Å²) in [5, 5.41) is 12.8. The van der Waals surface area contributed by atoms with E-state index in [1.165, 1.54) is 23.3 Å². The standard InChI is InChI=1S/C20H25N5O3S2/c1-28-7-8-30(27)19-17(21)16-14(12-3-2-4-12)9-15(25-18(16)29-19)13-10-23-20(24-11-13)22-5-6-26/h9-12,26H,2-8,21H2,1H3,(H,22,23,24)/t30-/m1/s1. The highest BCUT2D eigenvalue weighted by molar-refractivity contribution is 7.93. The molecule has 3 aromatic heterocycles. The van der Waals surface area contributed by atoms with Gasteiger partial charge in [-0.1, -0.05) is 17.8 Å². The lowest BCUT2D eigenvalue weighted by Crippen LogP contribution is -2.12. The first kappa shape index (κ1) is 21.3. The molecule has 0 bridgehead atoms. The van der Waals surface area contributed by atoms with Gasteiger partial charge in [0.2, 0.25) is 10.2 Å². The van der Waals surface area contributed by atoms with E-state index in [9.17, 15) is 4.55 Å². The summed E-state index contributed by atoms with van der Waals surface area (Å²) in [7, 11) is 1.60. The first-order valence-electron chi connectivity index (χ1n) is 9.89. The number of nitrogen functional groups attached to an aromatic ring is 1. The Bertz CT molecular complexity index is 1010. The zero-order chi connectivity index (χ0) is 21.1.